The fraction of sp³-hybridized carbons (Fsp3) is 0.500. The molecule has 2 aliphatic heterocycles. The molecule has 1 spiro atoms. The maximum absolute atomic E-state index is 13.1. The van der Waals surface area contributed by atoms with E-state index in [-0.39, 0.29) is 5.91 Å². The summed E-state index contributed by atoms with van der Waals surface area (Å²) in [4.78, 5) is 25.0. The lowest BCUT2D eigenvalue weighted by Crippen LogP contribution is -2.48. The zero-order valence-electron chi connectivity index (χ0n) is 13.5. The quantitative estimate of drug-likeness (QED) is 0.832. The number of anilines is 2. The Morgan fingerprint density at radius 2 is 1.96 bits per heavy atom. The maximum Gasteiger partial charge on any atom is 0.235 e. The van der Waals surface area contributed by atoms with Crippen molar-refractivity contribution in [1.82, 2.24) is 19.7 Å². The van der Waals surface area contributed by atoms with Crippen molar-refractivity contribution >= 4 is 17.5 Å². The first kappa shape index (κ1) is 15.0. The molecule has 2 saturated heterocycles. The van der Waals surface area contributed by atoms with Crippen LogP contribution in [-0.4, -0.2) is 45.3 Å². The van der Waals surface area contributed by atoms with Gasteiger partial charge in [0.25, 0.3) is 0 Å². The SMILES string of the molecule is Cn1cc(N2CCC3(CCCN(c4ncc(F)cn4)C3)C2=O)cn1. The number of carbonyl (C=O) groups excluding carboxylic acids is 1. The average molecular weight is 330 g/mol. The Morgan fingerprint density at radius 3 is 2.67 bits per heavy atom. The molecule has 0 aromatic carbocycles. The Hall–Kier alpha value is -2.51. The molecule has 126 valence electrons. The largest absolute Gasteiger partial charge is 0.340 e. The van der Waals surface area contributed by atoms with Gasteiger partial charge in [-0.2, -0.15) is 5.10 Å². The second-order valence-electron chi connectivity index (χ2n) is 6.59. The van der Waals surface area contributed by atoms with E-state index in [1.165, 1.54) is 12.4 Å². The Morgan fingerprint density at radius 1 is 1.17 bits per heavy atom. The van der Waals surface area contributed by atoms with Gasteiger partial charge < -0.3 is 9.80 Å². The third kappa shape index (κ3) is 2.42. The molecule has 1 amide bonds. The van der Waals surface area contributed by atoms with Crippen LogP contribution in [0.3, 0.4) is 0 Å². The summed E-state index contributed by atoms with van der Waals surface area (Å²) in [7, 11) is 1.84. The van der Waals surface area contributed by atoms with Crippen molar-refractivity contribution in [2.45, 2.75) is 19.3 Å². The summed E-state index contributed by atoms with van der Waals surface area (Å²) in [5, 5.41) is 4.16. The van der Waals surface area contributed by atoms with Gasteiger partial charge in [-0.25, -0.2) is 14.4 Å². The minimum atomic E-state index is -0.454. The number of piperidine rings is 1. The molecule has 0 bridgehead atoms. The highest BCUT2D eigenvalue weighted by atomic mass is 19.1. The molecular formula is C16H19FN6O. The van der Waals surface area contributed by atoms with Gasteiger partial charge in [-0.1, -0.05) is 0 Å². The maximum atomic E-state index is 13.1. The molecule has 2 aromatic rings. The van der Waals surface area contributed by atoms with Crippen molar-refractivity contribution in [2.24, 2.45) is 12.5 Å². The van der Waals surface area contributed by atoms with Gasteiger partial charge in [-0.05, 0) is 19.3 Å². The summed E-state index contributed by atoms with van der Waals surface area (Å²) in [6.07, 6.45) is 8.48. The lowest BCUT2D eigenvalue weighted by Gasteiger charge is -2.38. The number of hydrogen-bond donors (Lipinski definition) is 0. The highest BCUT2D eigenvalue weighted by molar-refractivity contribution is 6.00. The van der Waals surface area contributed by atoms with Crippen LogP contribution in [0.5, 0.6) is 0 Å². The lowest BCUT2D eigenvalue weighted by atomic mass is 9.78. The molecule has 1 atom stereocenters. The molecule has 7 nitrogen and oxygen atoms in total. The third-order valence-electron chi connectivity index (χ3n) is 4.98. The van der Waals surface area contributed by atoms with E-state index in [0.717, 1.165) is 31.5 Å². The van der Waals surface area contributed by atoms with Crippen LogP contribution in [-0.2, 0) is 11.8 Å². The van der Waals surface area contributed by atoms with Crippen LogP contribution in [0.1, 0.15) is 19.3 Å². The summed E-state index contributed by atoms with van der Waals surface area (Å²) in [5.74, 6) is 0.176. The minimum Gasteiger partial charge on any atom is -0.340 e. The van der Waals surface area contributed by atoms with E-state index in [0.29, 0.717) is 19.0 Å². The lowest BCUT2D eigenvalue weighted by molar-refractivity contribution is -0.126. The standard InChI is InChI=1S/C16H19FN6O/c1-21-10-13(9-20-21)23-6-4-16(14(23)24)3-2-5-22(11-16)15-18-7-12(17)8-19-15/h7-10H,2-6,11H2,1H3. The Kier molecular flexibility index (Phi) is 3.47. The summed E-state index contributed by atoms with van der Waals surface area (Å²) in [6, 6.07) is 0. The van der Waals surface area contributed by atoms with Gasteiger partial charge >= 0.3 is 0 Å². The number of aryl methyl sites for hydroxylation is 1. The van der Waals surface area contributed by atoms with Crippen LogP contribution in [0.4, 0.5) is 16.0 Å². The van der Waals surface area contributed by atoms with Gasteiger partial charge in [-0.3, -0.25) is 9.48 Å². The zero-order chi connectivity index (χ0) is 16.7. The molecule has 4 heterocycles. The van der Waals surface area contributed by atoms with Crippen molar-refractivity contribution in [3.63, 3.8) is 0 Å². The molecule has 0 N–H and O–H groups in total. The fourth-order valence-electron chi connectivity index (χ4n) is 3.76. The fourth-order valence-corrected chi connectivity index (χ4v) is 3.76. The van der Waals surface area contributed by atoms with Crippen molar-refractivity contribution in [3.8, 4) is 0 Å². The van der Waals surface area contributed by atoms with Gasteiger partial charge in [0.15, 0.2) is 5.82 Å². The number of amides is 1. The number of aromatic nitrogens is 4. The Balaban J connectivity index is 1.56. The number of hydrogen-bond acceptors (Lipinski definition) is 5. The molecule has 0 radical (unpaired) electrons. The first-order chi connectivity index (χ1) is 11.6. The molecule has 2 aromatic heterocycles. The monoisotopic (exact) mass is 330 g/mol. The first-order valence-electron chi connectivity index (χ1n) is 8.11. The van der Waals surface area contributed by atoms with Crippen LogP contribution < -0.4 is 9.80 Å². The summed E-state index contributed by atoms with van der Waals surface area (Å²) in [6.45, 7) is 2.06. The van der Waals surface area contributed by atoms with Crippen LogP contribution >= 0.6 is 0 Å². The molecule has 8 heteroatoms. The van der Waals surface area contributed by atoms with E-state index in [4.69, 9.17) is 0 Å². The van der Waals surface area contributed by atoms with Crippen molar-refractivity contribution in [2.75, 3.05) is 29.4 Å². The van der Waals surface area contributed by atoms with Gasteiger partial charge in [0.2, 0.25) is 11.9 Å². The molecule has 0 aliphatic carbocycles. The Labute approximate surface area is 139 Å². The highest BCUT2D eigenvalue weighted by Gasteiger charge is 2.49. The molecule has 2 aliphatic rings. The van der Waals surface area contributed by atoms with Crippen LogP contribution in [0, 0.1) is 11.2 Å². The average Bonchev–Trinajstić information content (AvgIpc) is 3.13. The minimum absolute atomic E-state index is 0.141. The number of carbonyl (C=O) groups is 1. The Bertz CT molecular complexity index is 760. The molecule has 24 heavy (non-hydrogen) atoms. The number of nitrogens with zero attached hydrogens (tertiary/aromatic N) is 6. The smallest absolute Gasteiger partial charge is 0.235 e. The summed E-state index contributed by atoms with van der Waals surface area (Å²) < 4.78 is 14.7. The number of rotatable bonds is 2. The number of halogens is 1. The van der Waals surface area contributed by atoms with Gasteiger partial charge in [0.05, 0.1) is 29.7 Å². The first-order valence-corrected chi connectivity index (χ1v) is 8.11. The molecule has 1 unspecified atom stereocenters. The van der Waals surface area contributed by atoms with Gasteiger partial charge in [0, 0.05) is 32.9 Å². The second kappa shape index (κ2) is 5.54. The van der Waals surface area contributed by atoms with E-state index in [2.05, 4.69) is 15.1 Å². The predicted molar refractivity (Wildman–Crippen MR) is 86.0 cm³/mol. The predicted octanol–water partition coefficient (Wildman–Crippen LogP) is 1.37. The normalized spacial score (nSPS) is 24.2. The van der Waals surface area contributed by atoms with E-state index in [9.17, 15) is 9.18 Å². The molecular weight excluding hydrogens is 311 g/mol. The van der Waals surface area contributed by atoms with E-state index < -0.39 is 11.2 Å². The summed E-state index contributed by atoms with van der Waals surface area (Å²) in [5.41, 5.74) is 0.431. The topological polar surface area (TPSA) is 67.2 Å². The van der Waals surface area contributed by atoms with Gasteiger partial charge in [-0.15, -0.1) is 0 Å². The second-order valence-corrected chi connectivity index (χ2v) is 6.59. The van der Waals surface area contributed by atoms with Crippen molar-refractivity contribution < 1.29 is 9.18 Å². The molecule has 2 fully saturated rings. The summed E-state index contributed by atoms with van der Waals surface area (Å²) >= 11 is 0. The third-order valence-corrected chi connectivity index (χ3v) is 4.98. The van der Waals surface area contributed by atoms with Crippen LogP contribution in [0.25, 0.3) is 0 Å². The highest BCUT2D eigenvalue weighted by Crippen LogP contribution is 2.42. The van der Waals surface area contributed by atoms with E-state index >= 15 is 0 Å². The zero-order valence-corrected chi connectivity index (χ0v) is 13.5. The van der Waals surface area contributed by atoms with Crippen LogP contribution in [0.2, 0.25) is 0 Å². The van der Waals surface area contributed by atoms with E-state index in [1.54, 1.807) is 10.9 Å². The van der Waals surface area contributed by atoms with Gasteiger partial charge in [0.1, 0.15) is 0 Å². The van der Waals surface area contributed by atoms with E-state index in [1.807, 2.05) is 23.0 Å². The van der Waals surface area contributed by atoms with Crippen LogP contribution in [0.15, 0.2) is 24.8 Å². The van der Waals surface area contributed by atoms with Crippen molar-refractivity contribution in [3.05, 3.63) is 30.6 Å². The molecule has 4 rings (SSSR count). The molecule has 0 saturated carbocycles. The van der Waals surface area contributed by atoms with Crippen molar-refractivity contribution in [1.29, 1.82) is 0 Å².